The van der Waals surface area contributed by atoms with Crippen molar-refractivity contribution in [3.8, 4) is 5.75 Å². The third kappa shape index (κ3) is 3.43. The molecule has 1 aliphatic rings. The average Bonchev–Trinajstić information content (AvgIpc) is 3.39. The number of benzene rings is 2. The first-order valence-electron chi connectivity index (χ1n) is 10.2. The van der Waals surface area contributed by atoms with Gasteiger partial charge in [0.05, 0.1) is 0 Å². The Labute approximate surface area is 175 Å². The molecule has 3 heterocycles. The summed E-state index contributed by atoms with van der Waals surface area (Å²) in [4.78, 5) is 9.03. The van der Waals surface area contributed by atoms with Gasteiger partial charge in [-0.25, -0.2) is 0 Å². The van der Waals surface area contributed by atoms with Gasteiger partial charge in [-0.05, 0) is 54.8 Å². The van der Waals surface area contributed by atoms with Crippen LogP contribution >= 0.6 is 11.6 Å². The van der Waals surface area contributed by atoms with Crippen LogP contribution in [0.5, 0.6) is 5.75 Å². The molecule has 4 aromatic rings. The molecule has 0 saturated heterocycles. The Morgan fingerprint density at radius 1 is 1.10 bits per heavy atom. The van der Waals surface area contributed by atoms with Gasteiger partial charge in [-0.2, -0.15) is 0 Å². The highest BCUT2D eigenvalue weighted by atomic mass is 35.5. The fraction of sp³-hybridized carbons (Fsp3) is 0.250. The molecule has 2 N–H and O–H groups in total. The molecule has 0 fully saturated rings. The first-order chi connectivity index (χ1) is 14.2. The molecule has 2 aromatic carbocycles. The number of nitrogens with zero attached hydrogens (tertiary/aromatic N) is 1. The molecular weight excluding hydrogens is 382 g/mol. The summed E-state index contributed by atoms with van der Waals surface area (Å²) in [6, 6.07) is 14.3. The van der Waals surface area contributed by atoms with Crippen LogP contribution < -0.4 is 4.74 Å². The first-order valence-corrected chi connectivity index (χ1v) is 10.5. The van der Waals surface area contributed by atoms with E-state index in [2.05, 4.69) is 52.3 Å². The van der Waals surface area contributed by atoms with Gasteiger partial charge >= 0.3 is 0 Å². The predicted octanol–water partition coefficient (Wildman–Crippen LogP) is 6.21. The summed E-state index contributed by atoms with van der Waals surface area (Å²) in [7, 11) is 0. The van der Waals surface area contributed by atoms with E-state index in [9.17, 15) is 0 Å². The highest BCUT2D eigenvalue weighted by Crippen LogP contribution is 2.32. The van der Waals surface area contributed by atoms with E-state index in [1.807, 2.05) is 30.5 Å². The molecule has 0 bridgehead atoms. The highest BCUT2D eigenvalue weighted by molar-refractivity contribution is 6.31. The van der Waals surface area contributed by atoms with E-state index in [0.29, 0.717) is 0 Å². The van der Waals surface area contributed by atoms with Crippen molar-refractivity contribution < 1.29 is 4.74 Å². The van der Waals surface area contributed by atoms with Crippen molar-refractivity contribution in [2.75, 3.05) is 13.1 Å². The van der Waals surface area contributed by atoms with Crippen molar-refractivity contribution in [3.05, 3.63) is 71.5 Å². The second-order valence-corrected chi connectivity index (χ2v) is 7.98. The zero-order chi connectivity index (χ0) is 19.8. The molecule has 0 aliphatic carbocycles. The minimum atomic E-state index is 0.0608. The van der Waals surface area contributed by atoms with Crippen molar-refractivity contribution in [2.45, 2.75) is 26.0 Å². The van der Waals surface area contributed by atoms with Crippen LogP contribution in [-0.2, 0) is 0 Å². The van der Waals surface area contributed by atoms with Crippen LogP contribution in [0.25, 0.3) is 27.4 Å². The van der Waals surface area contributed by atoms with Gasteiger partial charge in [0.15, 0.2) is 6.23 Å². The van der Waals surface area contributed by atoms with E-state index in [1.165, 1.54) is 16.5 Å². The number of aromatic nitrogens is 2. The maximum absolute atomic E-state index is 6.44. The normalized spacial score (nSPS) is 16.3. The third-order valence-electron chi connectivity index (χ3n) is 5.80. The molecule has 148 valence electrons. The number of nitrogens with one attached hydrogen (secondary N) is 2. The molecule has 5 heteroatoms. The van der Waals surface area contributed by atoms with Crippen molar-refractivity contribution in [1.82, 2.24) is 14.9 Å². The van der Waals surface area contributed by atoms with Gasteiger partial charge < -0.3 is 14.7 Å². The lowest BCUT2D eigenvalue weighted by Crippen LogP contribution is -2.41. The fourth-order valence-corrected chi connectivity index (χ4v) is 4.44. The summed E-state index contributed by atoms with van der Waals surface area (Å²) in [5, 5.41) is 3.10. The highest BCUT2D eigenvalue weighted by Gasteiger charge is 2.23. The lowest BCUT2D eigenvalue weighted by Gasteiger charge is -2.33. The Morgan fingerprint density at radius 2 is 2.00 bits per heavy atom. The quantitative estimate of drug-likeness (QED) is 0.414. The number of fused-ring (bicyclic) bond motifs is 2. The van der Waals surface area contributed by atoms with Gasteiger partial charge in [0, 0.05) is 57.9 Å². The number of hydrogen-bond acceptors (Lipinski definition) is 2. The molecule has 1 atom stereocenters. The second-order valence-electron chi connectivity index (χ2n) is 7.54. The summed E-state index contributed by atoms with van der Waals surface area (Å²) in [5.74, 6) is 0.941. The van der Waals surface area contributed by atoms with Crippen LogP contribution in [0.15, 0.2) is 60.9 Å². The third-order valence-corrected chi connectivity index (χ3v) is 6.04. The van der Waals surface area contributed by atoms with Crippen LogP contribution in [0.3, 0.4) is 0 Å². The number of rotatable bonds is 5. The molecule has 0 amide bonds. The van der Waals surface area contributed by atoms with Crippen LogP contribution in [0.1, 0.15) is 25.3 Å². The molecule has 4 nitrogen and oxygen atoms in total. The van der Waals surface area contributed by atoms with Gasteiger partial charge in [0.1, 0.15) is 5.75 Å². The molecular formula is C24H24ClN3O. The molecule has 5 rings (SSSR count). The van der Waals surface area contributed by atoms with Gasteiger partial charge in [0.25, 0.3) is 0 Å². The van der Waals surface area contributed by atoms with Gasteiger partial charge in [-0.3, -0.25) is 4.90 Å². The molecule has 2 aromatic heterocycles. The number of halogens is 1. The maximum atomic E-state index is 6.44. The molecule has 0 spiro atoms. The van der Waals surface area contributed by atoms with E-state index in [-0.39, 0.29) is 6.23 Å². The smallest absolute Gasteiger partial charge is 0.152 e. The van der Waals surface area contributed by atoms with Crippen molar-refractivity contribution >= 4 is 39.0 Å². The standard InChI is InChI=1S/C24H24ClN3O/c1-2-24(29-23-5-3-4-21-18(23)8-11-26-21)28-12-9-16(10-13-28)20-15-27-22-7-6-17(25)14-19(20)22/h3-9,11,14-15,24,26-27H,2,10,12-13H2,1H3. The minimum absolute atomic E-state index is 0.0608. The van der Waals surface area contributed by atoms with Crippen LogP contribution in [0, 0.1) is 0 Å². The zero-order valence-corrected chi connectivity index (χ0v) is 17.2. The maximum Gasteiger partial charge on any atom is 0.152 e. The topological polar surface area (TPSA) is 44.0 Å². The van der Waals surface area contributed by atoms with Crippen molar-refractivity contribution in [3.63, 3.8) is 0 Å². The molecule has 0 saturated carbocycles. The van der Waals surface area contributed by atoms with Crippen LogP contribution in [0.2, 0.25) is 5.02 Å². The van der Waals surface area contributed by atoms with Crippen LogP contribution in [-0.4, -0.2) is 34.2 Å². The summed E-state index contributed by atoms with van der Waals surface area (Å²) < 4.78 is 6.44. The monoisotopic (exact) mass is 405 g/mol. The van der Waals surface area contributed by atoms with E-state index in [1.54, 1.807) is 0 Å². The Morgan fingerprint density at radius 3 is 2.83 bits per heavy atom. The van der Waals surface area contributed by atoms with Gasteiger partial charge in [-0.15, -0.1) is 0 Å². The summed E-state index contributed by atoms with van der Waals surface area (Å²) in [6.07, 6.45) is 8.38. The predicted molar refractivity (Wildman–Crippen MR) is 120 cm³/mol. The van der Waals surface area contributed by atoms with Crippen molar-refractivity contribution in [2.24, 2.45) is 0 Å². The lowest BCUT2D eigenvalue weighted by atomic mass is 9.98. The SMILES string of the molecule is CCC(Oc1cccc2[nH]ccc12)N1CC=C(c2c[nH]c3ccc(Cl)cc23)CC1. The molecule has 1 unspecified atom stereocenters. The van der Waals surface area contributed by atoms with E-state index < -0.39 is 0 Å². The number of hydrogen-bond donors (Lipinski definition) is 2. The average molecular weight is 406 g/mol. The van der Waals surface area contributed by atoms with Crippen molar-refractivity contribution in [1.29, 1.82) is 0 Å². The van der Waals surface area contributed by atoms with Crippen LogP contribution in [0.4, 0.5) is 0 Å². The first kappa shape index (κ1) is 18.3. The molecule has 29 heavy (non-hydrogen) atoms. The van der Waals surface area contributed by atoms with Gasteiger partial charge in [-0.1, -0.05) is 30.7 Å². The zero-order valence-electron chi connectivity index (χ0n) is 16.4. The summed E-state index contributed by atoms with van der Waals surface area (Å²) in [5.41, 5.74) is 4.86. The number of ether oxygens (including phenoxy) is 1. The van der Waals surface area contributed by atoms with Gasteiger partial charge in [0.2, 0.25) is 0 Å². The summed E-state index contributed by atoms with van der Waals surface area (Å²) in [6.45, 7) is 4.04. The second kappa shape index (κ2) is 7.62. The Hall–Kier alpha value is -2.69. The molecule has 0 radical (unpaired) electrons. The number of H-pyrrole nitrogens is 2. The van der Waals surface area contributed by atoms with E-state index >= 15 is 0 Å². The largest absolute Gasteiger partial charge is 0.474 e. The lowest BCUT2D eigenvalue weighted by molar-refractivity contribution is 0.0312. The van der Waals surface area contributed by atoms with E-state index in [0.717, 1.165) is 53.1 Å². The Kier molecular flexibility index (Phi) is 4.82. The summed E-state index contributed by atoms with van der Waals surface area (Å²) >= 11 is 6.22. The molecule has 1 aliphatic heterocycles. The fourth-order valence-electron chi connectivity index (χ4n) is 4.27. The van der Waals surface area contributed by atoms with E-state index in [4.69, 9.17) is 16.3 Å². The number of aromatic amines is 2. The minimum Gasteiger partial charge on any atom is -0.474 e. The Bertz CT molecular complexity index is 1190. The Balaban J connectivity index is 1.36.